The maximum atomic E-state index is 12.9. The van der Waals surface area contributed by atoms with Gasteiger partial charge in [-0.15, -0.1) is 0 Å². The second-order valence-electron chi connectivity index (χ2n) is 8.71. The predicted octanol–water partition coefficient (Wildman–Crippen LogP) is 1.49. The average Bonchev–Trinajstić information content (AvgIpc) is 2.73. The fraction of sp³-hybridized carbons (Fsp3) is 0.842. The van der Waals surface area contributed by atoms with Gasteiger partial charge in [-0.25, -0.2) is 0 Å². The van der Waals surface area contributed by atoms with E-state index in [0.29, 0.717) is 32.6 Å². The fourth-order valence-corrected chi connectivity index (χ4v) is 4.05. The van der Waals surface area contributed by atoms with Crippen LogP contribution in [0.5, 0.6) is 0 Å². The first-order valence-electron chi connectivity index (χ1n) is 9.65. The molecule has 0 aromatic heterocycles. The average molecular weight is 349 g/mol. The number of nitrogens with zero attached hydrogens (tertiary/aromatic N) is 3. The molecule has 1 aliphatic carbocycles. The minimum atomic E-state index is -0.239. The van der Waals surface area contributed by atoms with E-state index in [0.717, 1.165) is 32.2 Å². The second kappa shape index (κ2) is 6.96. The zero-order chi connectivity index (χ0) is 18.2. The third-order valence-corrected chi connectivity index (χ3v) is 5.86. The van der Waals surface area contributed by atoms with E-state index in [1.807, 2.05) is 35.5 Å². The zero-order valence-electron chi connectivity index (χ0n) is 15.8. The Bertz CT molecular complexity index is 551. The van der Waals surface area contributed by atoms with Crippen molar-refractivity contribution in [1.82, 2.24) is 14.7 Å². The summed E-state index contributed by atoms with van der Waals surface area (Å²) in [5, 5.41) is 0. The Labute approximate surface area is 150 Å². The fourth-order valence-electron chi connectivity index (χ4n) is 4.05. The zero-order valence-corrected chi connectivity index (χ0v) is 15.8. The molecule has 2 saturated heterocycles. The van der Waals surface area contributed by atoms with Gasteiger partial charge in [0.15, 0.2) is 0 Å². The van der Waals surface area contributed by atoms with Crippen LogP contribution < -0.4 is 0 Å². The highest BCUT2D eigenvalue weighted by molar-refractivity contribution is 5.89. The Morgan fingerprint density at radius 2 is 1.44 bits per heavy atom. The van der Waals surface area contributed by atoms with E-state index in [-0.39, 0.29) is 35.1 Å². The van der Waals surface area contributed by atoms with Gasteiger partial charge in [0.05, 0.1) is 5.92 Å². The highest BCUT2D eigenvalue weighted by Gasteiger charge is 2.41. The van der Waals surface area contributed by atoms with Crippen LogP contribution in [0.4, 0.5) is 0 Å². The van der Waals surface area contributed by atoms with Gasteiger partial charge in [0, 0.05) is 50.6 Å². The van der Waals surface area contributed by atoms with E-state index < -0.39 is 0 Å². The number of rotatable bonds is 2. The Morgan fingerprint density at radius 1 is 0.880 bits per heavy atom. The molecule has 6 heteroatoms. The van der Waals surface area contributed by atoms with E-state index in [9.17, 15) is 14.4 Å². The molecule has 0 aromatic carbocycles. The number of hydrogen-bond donors (Lipinski definition) is 0. The van der Waals surface area contributed by atoms with Gasteiger partial charge < -0.3 is 14.7 Å². The smallest absolute Gasteiger partial charge is 0.228 e. The van der Waals surface area contributed by atoms with E-state index in [1.54, 1.807) is 0 Å². The number of carbonyl (C=O) groups is 3. The minimum Gasteiger partial charge on any atom is -0.341 e. The molecule has 2 heterocycles. The van der Waals surface area contributed by atoms with Crippen molar-refractivity contribution >= 4 is 17.7 Å². The van der Waals surface area contributed by atoms with Crippen LogP contribution in [0.25, 0.3) is 0 Å². The summed E-state index contributed by atoms with van der Waals surface area (Å²) in [5.41, 5.74) is -0.239. The van der Waals surface area contributed by atoms with Crippen molar-refractivity contribution in [3.05, 3.63) is 0 Å². The van der Waals surface area contributed by atoms with Gasteiger partial charge in [-0.05, 0) is 40.0 Å². The van der Waals surface area contributed by atoms with Crippen LogP contribution >= 0.6 is 0 Å². The second-order valence-corrected chi connectivity index (χ2v) is 8.71. The Hall–Kier alpha value is -1.59. The first kappa shape index (κ1) is 18.2. The highest BCUT2D eigenvalue weighted by atomic mass is 16.2. The summed E-state index contributed by atoms with van der Waals surface area (Å²) in [5.74, 6) is 0.409. The molecule has 0 aromatic rings. The summed E-state index contributed by atoms with van der Waals surface area (Å²) in [6.45, 7) is 9.20. The highest BCUT2D eigenvalue weighted by Crippen LogP contribution is 2.29. The standard InChI is InChI=1S/C19H31N3O3/c1-19(2,3)22-13-15(12-16(22)23)18(25)21-9-5-8-20(10-11-21)17(24)14-6-4-7-14/h14-15H,4-13H2,1-3H3. The Morgan fingerprint density at radius 3 is 1.88 bits per heavy atom. The number of amides is 3. The Kier molecular flexibility index (Phi) is 5.07. The van der Waals surface area contributed by atoms with Crippen molar-refractivity contribution < 1.29 is 14.4 Å². The molecule has 25 heavy (non-hydrogen) atoms. The molecule has 140 valence electrons. The van der Waals surface area contributed by atoms with Crippen LogP contribution in [0.1, 0.15) is 52.9 Å². The number of hydrogen-bond acceptors (Lipinski definition) is 3. The lowest BCUT2D eigenvalue weighted by molar-refractivity contribution is -0.139. The minimum absolute atomic E-state index is 0.0717. The van der Waals surface area contributed by atoms with Gasteiger partial charge >= 0.3 is 0 Å². The molecule has 2 aliphatic heterocycles. The molecule has 1 atom stereocenters. The molecule has 1 saturated carbocycles. The SMILES string of the molecule is CC(C)(C)N1CC(C(=O)N2CCCN(C(=O)C3CCC3)CC2)CC1=O. The third-order valence-electron chi connectivity index (χ3n) is 5.86. The summed E-state index contributed by atoms with van der Waals surface area (Å²) >= 11 is 0. The normalized spacial score (nSPS) is 25.8. The molecule has 0 bridgehead atoms. The molecule has 0 radical (unpaired) electrons. The van der Waals surface area contributed by atoms with Crippen molar-refractivity contribution in [3.8, 4) is 0 Å². The quantitative estimate of drug-likeness (QED) is 0.759. The topological polar surface area (TPSA) is 60.9 Å². The van der Waals surface area contributed by atoms with Crippen molar-refractivity contribution in [2.75, 3.05) is 32.7 Å². The van der Waals surface area contributed by atoms with Crippen LogP contribution in [0.15, 0.2) is 0 Å². The molecule has 1 unspecified atom stereocenters. The predicted molar refractivity (Wildman–Crippen MR) is 94.7 cm³/mol. The lowest BCUT2D eigenvalue weighted by Gasteiger charge is -2.32. The van der Waals surface area contributed by atoms with Gasteiger partial charge in [0.2, 0.25) is 17.7 Å². The molecule has 6 nitrogen and oxygen atoms in total. The summed E-state index contributed by atoms with van der Waals surface area (Å²) < 4.78 is 0. The molecule has 3 fully saturated rings. The van der Waals surface area contributed by atoms with Gasteiger partial charge in [-0.3, -0.25) is 14.4 Å². The van der Waals surface area contributed by atoms with Crippen LogP contribution in [0.3, 0.4) is 0 Å². The van der Waals surface area contributed by atoms with Crippen molar-refractivity contribution in [3.63, 3.8) is 0 Å². The largest absolute Gasteiger partial charge is 0.341 e. The summed E-state index contributed by atoms with van der Waals surface area (Å²) in [4.78, 5) is 43.2. The first-order valence-corrected chi connectivity index (χ1v) is 9.65. The van der Waals surface area contributed by atoms with E-state index in [1.165, 1.54) is 0 Å². The lowest BCUT2D eigenvalue weighted by Crippen LogP contribution is -2.44. The van der Waals surface area contributed by atoms with E-state index >= 15 is 0 Å². The van der Waals surface area contributed by atoms with Crippen LogP contribution in [0.2, 0.25) is 0 Å². The van der Waals surface area contributed by atoms with Crippen LogP contribution in [0, 0.1) is 11.8 Å². The lowest BCUT2D eigenvalue weighted by atomic mass is 9.84. The summed E-state index contributed by atoms with van der Waals surface area (Å²) in [6, 6.07) is 0. The van der Waals surface area contributed by atoms with Gasteiger partial charge in [-0.1, -0.05) is 6.42 Å². The molecule has 0 N–H and O–H groups in total. The number of carbonyl (C=O) groups excluding carboxylic acids is 3. The maximum Gasteiger partial charge on any atom is 0.228 e. The van der Waals surface area contributed by atoms with Gasteiger partial charge in [0.1, 0.15) is 0 Å². The van der Waals surface area contributed by atoms with E-state index in [2.05, 4.69) is 0 Å². The van der Waals surface area contributed by atoms with Gasteiger partial charge in [-0.2, -0.15) is 0 Å². The van der Waals surface area contributed by atoms with Crippen LogP contribution in [-0.4, -0.2) is 70.7 Å². The molecule has 0 spiro atoms. The summed E-state index contributed by atoms with van der Waals surface area (Å²) in [7, 11) is 0. The van der Waals surface area contributed by atoms with Crippen molar-refractivity contribution in [2.24, 2.45) is 11.8 Å². The molecule has 3 amide bonds. The molecule has 3 aliphatic rings. The molecule has 3 rings (SSSR count). The third kappa shape index (κ3) is 3.82. The van der Waals surface area contributed by atoms with E-state index in [4.69, 9.17) is 0 Å². The van der Waals surface area contributed by atoms with Crippen molar-refractivity contribution in [2.45, 2.75) is 58.4 Å². The molecular formula is C19H31N3O3. The van der Waals surface area contributed by atoms with Crippen molar-refractivity contribution in [1.29, 1.82) is 0 Å². The van der Waals surface area contributed by atoms with Crippen LogP contribution in [-0.2, 0) is 14.4 Å². The Balaban J connectivity index is 1.56. The number of likely N-dealkylation sites (tertiary alicyclic amines) is 1. The van der Waals surface area contributed by atoms with Gasteiger partial charge in [0.25, 0.3) is 0 Å². The first-order chi connectivity index (χ1) is 11.8. The molecular weight excluding hydrogens is 318 g/mol. The maximum absolute atomic E-state index is 12.9. The summed E-state index contributed by atoms with van der Waals surface area (Å²) in [6.07, 6.45) is 4.34. The monoisotopic (exact) mass is 349 g/mol.